The first kappa shape index (κ1) is 26.5. The minimum Gasteiger partial charge on any atom is -0.611 e. The van der Waals surface area contributed by atoms with E-state index in [9.17, 15) is 14.1 Å². The van der Waals surface area contributed by atoms with Crippen molar-refractivity contribution in [2.75, 3.05) is 0 Å². The van der Waals surface area contributed by atoms with Crippen LogP contribution in [0, 0.1) is 6.92 Å². The van der Waals surface area contributed by atoms with E-state index in [4.69, 9.17) is 0 Å². The van der Waals surface area contributed by atoms with E-state index < -0.39 is 15.9 Å². The molecule has 1 atom stereocenters. The quantitative estimate of drug-likeness (QED) is 0.177. The Balaban J connectivity index is 0.000000211. The lowest BCUT2D eigenvalue weighted by molar-refractivity contribution is 0.0952. The van der Waals surface area contributed by atoms with E-state index in [1.165, 1.54) is 0 Å². The molecular formula is C30H28O3S2. The summed E-state index contributed by atoms with van der Waals surface area (Å²) in [4.78, 5) is 26.0. The minimum atomic E-state index is -1.41. The summed E-state index contributed by atoms with van der Waals surface area (Å²) in [5, 5.41) is 0. The molecule has 0 N–H and O–H groups in total. The smallest absolute Gasteiger partial charge is 0.217 e. The van der Waals surface area contributed by atoms with Crippen LogP contribution in [-0.4, -0.2) is 20.9 Å². The van der Waals surface area contributed by atoms with Crippen molar-refractivity contribution in [1.29, 1.82) is 0 Å². The minimum absolute atomic E-state index is 0.0752. The Hall–Kier alpha value is -3.12. The fraction of sp³-hybridized carbons (Fsp3) is 0.133. The van der Waals surface area contributed by atoms with Gasteiger partial charge >= 0.3 is 0 Å². The maximum Gasteiger partial charge on any atom is 0.217 e. The van der Waals surface area contributed by atoms with E-state index in [2.05, 4.69) is 12.6 Å². The molecule has 0 bridgehead atoms. The lowest BCUT2D eigenvalue weighted by atomic mass is 10.0. The molecule has 0 aliphatic rings. The number of aryl methyl sites for hydroxylation is 1. The van der Waals surface area contributed by atoms with Crippen LogP contribution < -0.4 is 0 Å². The normalized spacial score (nSPS) is 11.7. The van der Waals surface area contributed by atoms with E-state index >= 15 is 0 Å². The van der Waals surface area contributed by atoms with Gasteiger partial charge in [0.2, 0.25) is 5.78 Å². The molecule has 0 fully saturated rings. The van der Waals surface area contributed by atoms with Gasteiger partial charge in [-0.05, 0) is 56.2 Å². The van der Waals surface area contributed by atoms with Gasteiger partial charge in [0.25, 0.3) is 0 Å². The summed E-state index contributed by atoms with van der Waals surface area (Å²) in [5.41, 5.74) is 3.12. The fourth-order valence-electron chi connectivity index (χ4n) is 3.35. The van der Waals surface area contributed by atoms with Crippen LogP contribution >= 0.6 is 12.6 Å². The summed E-state index contributed by atoms with van der Waals surface area (Å²) in [5.74, 6) is -0.0547. The third kappa shape index (κ3) is 6.95. The molecule has 0 saturated heterocycles. The van der Waals surface area contributed by atoms with Gasteiger partial charge in [-0.1, -0.05) is 90.5 Å². The summed E-state index contributed by atoms with van der Waals surface area (Å²) in [6.07, 6.45) is 0. The Morgan fingerprint density at radius 3 is 1.60 bits per heavy atom. The van der Waals surface area contributed by atoms with Crippen molar-refractivity contribution in [2.45, 2.75) is 35.3 Å². The zero-order chi connectivity index (χ0) is 25.4. The fourth-order valence-corrected chi connectivity index (χ4v) is 4.75. The number of thiol groups is 1. The first-order valence-corrected chi connectivity index (χ1v) is 12.8. The van der Waals surface area contributed by atoms with Crippen LogP contribution in [0.25, 0.3) is 0 Å². The van der Waals surface area contributed by atoms with E-state index in [1.54, 1.807) is 38.1 Å². The molecule has 3 nitrogen and oxygen atoms in total. The highest BCUT2D eigenvalue weighted by atomic mass is 32.2. The van der Waals surface area contributed by atoms with Crippen molar-refractivity contribution in [3.63, 3.8) is 0 Å². The van der Waals surface area contributed by atoms with Gasteiger partial charge < -0.3 is 4.55 Å². The number of Topliss-reactive ketones (excluding diaryl/α,β-unsaturated/α-hetero) is 1. The zero-order valence-electron chi connectivity index (χ0n) is 20.0. The SMILES string of the molecule is Cc1ccc([S+]([O-])C(C)(C)C(=O)c2ccc(S)cc2)cc1.O=C(c1ccccc1)c1ccccc1. The van der Waals surface area contributed by atoms with Crippen LogP contribution in [0.2, 0.25) is 0 Å². The Morgan fingerprint density at radius 2 is 1.14 bits per heavy atom. The summed E-state index contributed by atoms with van der Waals surface area (Å²) in [6.45, 7) is 5.42. The third-order valence-electron chi connectivity index (χ3n) is 5.45. The molecule has 5 heteroatoms. The first-order valence-electron chi connectivity index (χ1n) is 11.2. The van der Waals surface area contributed by atoms with E-state index in [0.717, 1.165) is 21.6 Å². The van der Waals surface area contributed by atoms with Gasteiger partial charge in [-0.15, -0.1) is 12.6 Å². The molecule has 0 spiro atoms. The van der Waals surface area contributed by atoms with E-state index in [0.29, 0.717) is 10.5 Å². The van der Waals surface area contributed by atoms with Crippen molar-refractivity contribution in [3.8, 4) is 0 Å². The number of benzene rings is 4. The molecule has 4 rings (SSSR count). The molecular weight excluding hydrogens is 472 g/mol. The average Bonchev–Trinajstić information content (AvgIpc) is 2.89. The van der Waals surface area contributed by atoms with Crippen LogP contribution in [0.1, 0.15) is 45.7 Å². The van der Waals surface area contributed by atoms with Gasteiger partial charge in [-0.3, -0.25) is 9.59 Å². The van der Waals surface area contributed by atoms with E-state index in [1.807, 2.05) is 91.9 Å². The van der Waals surface area contributed by atoms with Gasteiger partial charge in [-0.25, -0.2) is 0 Å². The van der Waals surface area contributed by atoms with Crippen LogP contribution in [0.4, 0.5) is 0 Å². The highest BCUT2D eigenvalue weighted by Crippen LogP contribution is 2.29. The standard InChI is InChI=1S/C17H18O2S2.C13H10O/c1-12-4-10-15(11-5-12)21(19)17(2,3)16(18)13-6-8-14(20)9-7-13;14-13(11-7-3-1-4-8-11)12-9-5-2-6-10-12/h4-11,20H,1-3H3;1-10H. The van der Waals surface area contributed by atoms with Crippen LogP contribution in [0.3, 0.4) is 0 Å². The lowest BCUT2D eigenvalue weighted by Gasteiger charge is -2.27. The molecule has 0 saturated carbocycles. The molecule has 178 valence electrons. The Morgan fingerprint density at radius 1 is 0.686 bits per heavy atom. The van der Waals surface area contributed by atoms with Crippen LogP contribution in [0.15, 0.2) is 119 Å². The number of hydrogen-bond acceptors (Lipinski definition) is 4. The second-order valence-electron chi connectivity index (χ2n) is 8.53. The van der Waals surface area contributed by atoms with Gasteiger partial charge in [-0.2, -0.15) is 0 Å². The maximum atomic E-state index is 12.7. The molecule has 0 aromatic heterocycles. The summed E-state index contributed by atoms with van der Waals surface area (Å²) < 4.78 is 11.8. The monoisotopic (exact) mass is 500 g/mol. The zero-order valence-corrected chi connectivity index (χ0v) is 21.7. The number of ketones is 2. The molecule has 0 amide bonds. The Bertz CT molecular complexity index is 1210. The molecule has 0 aliphatic carbocycles. The van der Waals surface area contributed by atoms with Gasteiger partial charge in [0, 0.05) is 21.6 Å². The predicted octanol–water partition coefficient (Wildman–Crippen LogP) is 6.97. The van der Waals surface area contributed by atoms with Gasteiger partial charge in [0.05, 0.1) is 0 Å². The first-order chi connectivity index (χ1) is 16.7. The van der Waals surface area contributed by atoms with Crippen molar-refractivity contribution in [1.82, 2.24) is 0 Å². The average molecular weight is 501 g/mol. The number of rotatable bonds is 6. The van der Waals surface area contributed by atoms with Crippen LogP contribution in [0.5, 0.6) is 0 Å². The van der Waals surface area contributed by atoms with Gasteiger partial charge in [0.15, 0.2) is 15.4 Å². The lowest BCUT2D eigenvalue weighted by Crippen LogP contribution is -2.40. The summed E-state index contributed by atoms with van der Waals surface area (Å²) in [7, 11) is 0. The van der Waals surface area contributed by atoms with Crippen molar-refractivity contribution < 1.29 is 14.1 Å². The molecule has 1 unspecified atom stereocenters. The second-order valence-corrected chi connectivity index (χ2v) is 11.1. The highest BCUT2D eigenvalue weighted by Gasteiger charge is 2.41. The van der Waals surface area contributed by atoms with Crippen molar-refractivity contribution in [2.24, 2.45) is 0 Å². The largest absolute Gasteiger partial charge is 0.611 e. The Labute approximate surface area is 215 Å². The number of hydrogen-bond donors (Lipinski definition) is 1. The topological polar surface area (TPSA) is 57.2 Å². The molecule has 0 heterocycles. The molecule has 0 aliphatic heterocycles. The molecule has 0 radical (unpaired) electrons. The summed E-state index contributed by atoms with van der Waals surface area (Å²) in [6, 6.07) is 33.0. The second kappa shape index (κ2) is 12.0. The highest BCUT2D eigenvalue weighted by molar-refractivity contribution is 7.93. The maximum absolute atomic E-state index is 12.7. The Kier molecular flexibility index (Phi) is 9.10. The predicted molar refractivity (Wildman–Crippen MR) is 146 cm³/mol. The number of carbonyl (C=O) groups excluding carboxylic acids is 2. The van der Waals surface area contributed by atoms with Crippen molar-refractivity contribution >= 4 is 35.4 Å². The molecule has 4 aromatic carbocycles. The third-order valence-corrected chi connectivity index (χ3v) is 7.56. The van der Waals surface area contributed by atoms with Crippen LogP contribution in [-0.2, 0) is 11.2 Å². The van der Waals surface area contributed by atoms with Crippen molar-refractivity contribution in [3.05, 3.63) is 131 Å². The number of carbonyl (C=O) groups is 2. The molecule has 4 aromatic rings. The van der Waals surface area contributed by atoms with Gasteiger partial charge in [0.1, 0.15) is 0 Å². The van der Waals surface area contributed by atoms with E-state index in [-0.39, 0.29) is 11.6 Å². The molecule has 35 heavy (non-hydrogen) atoms. The summed E-state index contributed by atoms with van der Waals surface area (Å²) >= 11 is 2.80.